The summed E-state index contributed by atoms with van der Waals surface area (Å²) >= 11 is 0. The number of carbonyl (C=O) groups excluding carboxylic acids is 3. The van der Waals surface area contributed by atoms with Crippen LogP contribution < -0.4 is 25.8 Å². The minimum Gasteiger partial charge on any atom is -0.490 e. The van der Waals surface area contributed by atoms with Crippen molar-refractivity contribution in [2.75, 3.05) is 36.4 Å². The molecule has 304 valence electrons. The summed E-state index contributed by atoms with van der Waals surface area (Å²) in [5.41, 5.74) is 3.02. The first-order chi connectivity index (χ1) is 28.0. The van der Waals surface area contributed by atoms with Gasteiger partial charge in [0.25, 0.3) is 11.5 Å². The monoisotopic (exact) mass is 791 g/mol. The van der Waals surface area contributed by atoms with Crippen LogP contribution in [0.15, 0.2) is 59.7 Å². The lowest BCUT2D eigenvalue weighted by Gasteiger charge is -2.36. The highest BCUT2D eigenvalue weighted by Crippen LogP contribution is 2.39. The zero-order valence-electron chi connectivity index (χ0n) is 33.2. The molecule has 2 aromatic carbocycles. The number of carbonyl (C=O) groups is 3. The largest absolute Gasteiger partial charge is 0.490 e. The van der Waals surface area contributed by atoms with E-state index in [1.54, 1.807) is 23.2 Å². The van der Waals surface area contributed by atoms with E-state index in [2.05, 4.69) is 43.5 Å². The summed E-state index contributed by atoms with van der Waals surface area (Å²) in [5, 5.41) is 16.5. The van der Waals surface area contributed by atoms with Gasteiger partial charge in [0.05, 0.1) is 34.8 Å². The van der Waals surface area contributed by atoms with Gasteiger partial charge in [0, 0.05) is 62.2 Å². The molecule has 2 atom stereocenters. The highest BCUT2D eigenvalue weighted by atomic mass is 19.1. The van der Waals surface area contributed by atoms with Gasteiger partial charge in [-0.3, -0.25) is 34.0 Å². The third-order valence-corrected chi connectivity index (χ3v) is 12.4. The van der Waals surface area contributed by atoms with Crippen LogP contribution in [0.3, 0.4) is 0 Å². The zero-order valence-corrected chi connectivity index (χ0v) is 33.2. The summed E-state index contributed by atoms with van der Waals surface area (Å²) in [5.74, 6) is 1.35. The van der Waals surface area contributed by atoms with Crippen molar-refractivity contribution in [2.24, 2.45) is 13.0 Å². The van der Waals surface area contributed by atoms with Crippen LogP contribution >= 0.6 is 0 Å². The first-order valence-corrected chi connectivity index (χ1v) is 20.7. The molecule has 58 heavy (non-hydrogen) atoms. The molecule has 2 aliphatic heterocycles. The number of piperidine rings is 1. The van der Waals surface area contributed by atoms with Crippen molar-refractivity contribution in [2.45, 2.75) is 95.5 Å². The summed E-state index contributed by atoms with van der Waals surface area (Å²) < 4.78 is 25.1. The average molecular weight is 792 g/mol. The Balaban J connectivity index is 0.807. The highest BCUT2D eigenvalue weighted by molar-refractivity contribution is 6.09. The topological polar surface area (TPSA) is 149 Å². The van der Waals surface area contributed by atoms with Gasteiger partial charge < -0.3 is 19.5 Å². The van der Waals surface area contributed by atoms with E-state index in [-0.39, 0.29) is 30.2 Å². The van der Waals surface area contributed by atoms with Crippen molar-refractivity contribution >= 4 is 51.2 Å². The number of nitrogens with zero attached hydrogens (tertiary/aromatic N) is 7. The van der Waals surface area contributed by atoms with Gasteiger partial charge in [0.15, 0.2) is 5.82 Å². The predicted molar refractivity (Wildman–Crippen MR) is 218 cm³/mol. The number of urea groups is 1. The number of pyridine rings is 1. The van der Waals surface area contributed by atoms with E-state index in [4.69, 9.17) is 9.84 Å². The third kappa shape index (κ3) is 7.47. The standard InChI is InChI=1S/C43H50FN9O5/c1-25(2)58-38-22-35-29(19-32(38)41(55)45-34-5-4-15-51(42(34)56)37-21-33(37)44)24-53(47-35)30-9-6-26(7-10-30)23-50-16-12-27(13-17-50)28-8-11-31-36(20-28)49(3)48-40(31)52-18-14-39(54)46-43(52)57/h4-5,8,11,15,19-20,22,24-27,30,33,37H,6-7,9-10,12-14,16-18,21,23H2,1-3H3,(H,45,55)(H,46,54,57)/t26?,30?,33-,37+/m1/s1. The number of likely N-dealkylation sites (tertiary alicyclic amines) is 1. The van der Waals surface area contributed by atoms with Crippen molar-refractivity contribution in [3.8, 4) is 5.75 Å². The Labute approximate surface area is 335 Å². The molecule has 4 amide bonds. The van der Waals surface area contributed by atoms with Gasteiger partial charge in [0.1, 0.15) is 17.6 Å². The summed E-state index contributed by atoms with van der Waals surface area (Å²) in [6.45, 7) is 7.33. The van der Waals surface area contributed by atoms with Crippen molar-refractivity contribution < 1.29 is 23.5 Å². The first kappa shape index (κ1) is 38.0. The fraction of sp³-hybridized carbons (Fsp3) is 0.488. The average Bonchev–Trinajstić information content (AvgIpc) is 3.63. The van der Waals surface area contributed by atoms with Gasteiger partial charge in [-0.1, -0.05) is 6.07 Å². The maximum absolute atomic E-state index is 13.7. The molecule has 5 heterocycles. The predicted octanol–water partition coefficient (Wildman–Crippen LogP) is 6.46. The number of aryl methyl sites for hydroxylation is 1. The number of aromatic nitrogens is 5. The molecule has 0 bridgehead atoms. The van der Waals surface area contributed by atoms with Crippen molar-refractivity contribution in [3.05, 3.63) is 76.3 Å². The van der Waals surface area contributed by atoms with Crippen LogP contribution in [0.4, 0.5) is 20.7 Å². The molecule has 2 saturated heterocycles. The number of rotatable bonds is 10. The van der Waals surface area contributed by atoms with Gasteiger partial charge in [-0.25, -0.2) is 9.18 Å². The minimum atomic E-state index is -1.04. The van der Waals surface area contributed by atoms with Crippen LogP contribution in [0.5, 0.6) is 5.75 Å². The Hall–Kier alpha value is -5.57. The molecule has 0 spiro atoms. The van der Waals surface area contributed by atoms with Crippen LogP contribution in [0.2, 0.25) is 0 Å². The molecular weight excluding hydrogens is 742 g/mol. The SMILES string of the molecule is CC(C)Oc1cc2nn(C3CCC(CN4CCC(c5ccc6c(N7CCC(=O)NC7=O)nn(C)c6c5)CC4)CC3)cc2cc1C(=O)Nc1cccn([C@H]2C[C@H]2F)c1=O. The summed E-state index contributed by atoms with van der Waals surface area (Å²) in [6.07, 6.45) is 9.39. The van der Waals surface area contributed by atoms with Gasteiger partial charge in [-0.15, -0.1) is 0 Å². The lowest BCUT2D eigenvalue weighted by atomic mass is 9.84. The number of benzene rings is 2. The maximum Gasteiger partial charge on any atom is 0.329 e. The van der Waals surface area contributed by atoms with E-state index in [9.17, 15) is 23.6 Å². The van der Waals surface area contributed by atoms with Crippen LogP contribution in [0.25, 0.3) is 21.8 Å². The number of hydrogen-bond donors (Lipinski definition) is 2. The first-order valence-electron chi connectivity index (χ1n) is 20.7. The summed E-state index contributed by atoms with van der Waals surface area (Å²) in [4.78, 5) is 55.0. The van der Waals surface area contributed by atoms with Crippen LogP contribution in [0, 0.1) is 5.92 Å². The van der Waals surface area contributed by atoms with Gasteiger partial charge >= 0.3 is 6.03 Å². The molecule has 2 aliphatic carbocycles. The molecular formula is C43H50FN9O5. The number of ether oxygens (including phenoxy) is 1. The maximum atomic E-state index is 13.7. The van der Waals surface area contributed by atoms with Crippen LogP contribution in [-0.4, -0.2) is 85.3 Å². The van der Waals surface area contributed by atoms with Gasteiger partial charge in [-0.2, -0.15) is 10.2 Å². The number of hydrogen-bond acceptors (Lipinski definition) is 8. The molecule has 4 fully saturated rings. The fourth-order valence-corrected chi connectivity index (χ4v) is 9.16. The zero-order chi connectivity index (χ0) is 40.2. The summed E-state index contributed by atoms with van der Waals surface area (Å²) in [7, 11) is 1.90. The number of alkyl halides is 1. The second kappa shape index (κ2) is 15.3. The second-order valence-corrected chi connectivity index (χ2v) is 16.8. The fourth-order valence-electron chi connectivity index (χ4n) is 9.16. The number of fused-ring (bicyclic) bond motifs is 2. The minimum absolute atomic E-state index is 0.101. The molecule has 14 nitrogen and oxygen atoms in total. The molecule has 9 rings (SSSR count). The molecule has 0 unspecified atom stereocenters. The van der Waals surface area contributed by atoms with E-state index < -0.39 is 29.7 Å². The molecule has 0 radical (unpaired) electrons. The number of amides is 4. The van der Waals surface area contributed by atoms with E-state index in [1.165, 1.54) is 16.2 Å². The Morgan fingerprint density at radius 3 is 2.50 bits per heavy atom. The molecule has 2 N–H and O–H groups in total. The lowest BCUT2D eigenvalue weighted by molar-refractivity contribution is -0.120. The third-order valence-electron chi connectivity index (χ3n) is 12.4. The van der Waals surface area contributed by atoms with E-state index in [0.717, 1.165) is 80.0 Å². The van der Waals surface area contributed by atoms with Crippen molar-refractivity contribution in [1.82, 2.24) is 34.3 Å². The van der Waals surface area contributed by atoms with Crippen LogP contribution in [0.1, 0.15) is 99.1 Å². The Morgan fingerprint density at radius 2 is 1.78 bits per heavy atom. The molecule has 15 heteroatoms. The highest BCUT2D eigenvalue weighted by Gasteiger charge is 2.40. The normalized spacial score (nSPS) is 23.2. The van der Waals surface area contributed by atoms with Crippen LogP contribution in [-0.2, 0) is 11.8 Å². The second-order valence-electron chi connectivity index (χ2n) is 16.8. The number of nitrogens with one attached hydrogen (secondary N) is 2. The lowest BCUT2D eigenvalue weighted by Crippen LogP contribution is -2.49. The van der Waals surface area contributed by atoms with E-state index >= 15 is 0 Å². The molecule has 2 saturated carbocycles. The Morgan fingerprint density at radius 1 is 1.00 bits per heavy atom. The number of anilines is 2. The van der Waals surface area contributed by atoms with Crippen molar-refractivity contribution in [3.63, 3.8) is 0 Å². The van der Waals surface area contributed by atoms with E-state index in [0.29, 0.717) is 41.9 Å². The molecule has 4 aliphatic rings. The quantitative estimate of drug-likeness (QED) is 0.164. The number of imide groups is 1. The van der Waals surface area contributed by atoms with Gasteiger partial charge in [-0.05, 0) is 113 Å². The Bertz CT molecular complexity index is 2460. The van der Waals surface area contributed by atoms with Gasteiger partial charge in [0.2, 0.25) is 5.91 Å². The van der Waals surface area contributed by atoms with Crippen molar-refractivity contribution in [1.29, 1.82) is 0 Å². The van der Waals surface area contributed by atoms with E-state index in [1.807, 2.05) is 37.8 Å². The molecule has 5 aromatic rings. The smallest absolute Gasteiger partial charge is 0.329 e. The Kier molecular flexibility index (Phi) is 10.0. The molecule has 3 aromatic heterocycles. The number of halogens is 1. The summed E-state index contributed by atoms with van der Waals surface area (Å²) in [6, 6.07) is 12.6.